The molecule has 2 fully saturated rings. The minimum atomic E-state index is -4.37. The molecule has 2 aromatic rings. The summed E-state index contributed by atoms with van der Waals surface area (Å²) in [6, 6.07) is 10.3. The van der Waals surface area contributed by atoms with E-state index in [9.17, 15) is 26.4 Å². The van der Waals surface area contributed by atoms with Gasteiger partial charge < -0.3 is 4.90 Å². The molecule has 0 bridgehead atoms. The average Bonchev–Trinajstić information content (AvgIpc) is 3.32. The number of hydrogen-bond acceptors (Lipinski definition) is 4. The molecule has 0 spiro atoms. The van der Waals surface area contributed by atoms with Gasteiger partial charge in [0.15, 0.2) is 17.5 Å². The zero-order valence-corrected chi connectivity index (χ0v) is 18.2. The maximum atomic E-state index is 14.1. The lowest BCUT2D eigenvalue weighted by Gasteiger charge is -2.38. The summed E-state index contributed by atoms with van der Waals surface area (Å²) in [5.74, 6) is -5.11. The molecule has 1 unspecified atom stereocenters. The topological polar surface area (TPSA) is 60.9 Å². The highest BCUT2D eigenvalue weighted by atomic mass is 32.2. The van der Waals surface area contributed by atoms with Crippen molar-refractivity contribution in [3.63, 3.8) is 0 Å². The zero-order valence-electron chi connectivity index (χ0n) is 17.4. The number of sulfonamides is 1. The third kappa shape index (κ3) is 4.26. The Balaban J connectivity index is 1.50. The van der Waals surface area contributed by atoms with Crippen LogP contribution in [0.25, 0.3) is 0 Å². The lowest BCUT2D eigenvalue weighted by molar-refractivity contribution is -0.138. The SMILES string of the molecule is O=C(C(c1ccccc1)N1CCCC1)N1CCN(S(=O)(=O)c2ccc(F)c(F)c2F)CC1. The number of carbonyl (C=O) groups excluding carboxylic acids is 1. The molecule has 10 heteroatoms. The van der Waals surface area contributed by atoms with Crippen LogP contribution in [0, 0.1) is 17.5 Å². The number of benzene rings is 2. The summed E-state index contributed by atoms with van der Waals surface area (Å²) in [5, 5.41) is 0. The monoisotopic (exact) mass is 467 g/mol. The number of halogens is 3. The summed E-state index contributed by atoms with van der Waals surface area (Å²) in [6.45, 7) is 1.76. The molecule has 2 saturated heterocycles. The Kier molecular flexibility index (Phi) is 6.55. The number of carbonyl (C=O) groups is 1. The van der Waals surface area contributed by atoms with Gasteiger partial charge in [-0.05, 0) is 43.6 Å². The van der Waals surface area contributed by atoms with E-state index in [1.807, 2.05) is 30.3 Å². The van der Waals surface area contributed by atoms with E-state index in [1.54, 1.807) is 4.90 Å². The molecule has 0 radical (unpaired) electrons. The molecule has 0 aliphatic carbocycles. The summed E-state index contributed by atoms with van der Waals surface area (Å²) in [5.41, 5.74) is 0.887. The van der Waals surface area contributed by atoms with Gasteiger partial charge in [-0.15, -0.1) is 0 Å². The van der Waals surface area contributed by atoms with Gasteiger partial charge in [0.2, 0.25) is 15.9 Å². The van der Waals surface area contributed by atoms with E-state index in [0.717, 1.165) is 41.9 Å². The van der Waals surface area contributed by atoms with Gasteiger partial charge in [-0.25, -0.2) is 21.6 Å². The van der Waals surface area contributed by atoms with Gasteiger partial charge in [-0.2, -0.15) is 4.31 Å². The maximum absolute atomic E-state index is 14.1. The van der Waals surface area contributed by atoms with Crippen molar-refractivity contribution >= 4 is 15.9 Å². The van der Waals surface area contributed by atoms with Gasteiger partial charge in [0.25, 0.3) is 0 Å². The number of likely N-dealkylation sites (tertiary alicyclic amines) is 1. The summed E-state index contributed by atoms with van der Waals surface area (Å²) < 4.78 is 67.5. The van der Waals surface area contributed by atoms with Gasteiger partial charge in [-0.3, -0.25) is 9.69 Å². The van der Waals surface area contributed by atoms with Gasteiger partial charge in [0, 0.05) is 26.2 Å². The van der Waals surface area contributed by atoms with Crippen molar-refractivity contribution in [3.05, 3.63) is 65.5 Å². The minimum Gasteiger partial charge on any atom is -0.338 e. The molecular formula is C22H24F3N3O3S. The van der Waals surface area contributed by atoms with Crippen LogP contribution in [0.2, 0.25) is 0 Å². The molecule has 4 rings (SSSR count). The first-order valence-electron chi connectivity index (χ1n) is 10.5. The third-order valence-corrected chi connectivity index (χ3v) is 7.94. The van der Waals surface area contributed by atoms with Crippen LogP contribution in [-0.4, -0.2) is 67.7 Å². The zero-order chi connectivity index (χ0) is 22.9. The highest BCUT2D eigenvalue weighted by molar-refractivity contribution is 7.89. The summed E-state index contributed by atoms with van der Waals surface area (Å²) >= 11 is 0. The predicted molar refractivity (Wildman–Crippen MR) is 112 cm³/mol. The van der Waals surface area contributed by atoms with E-state index < -0.39 is 38.4 Å². The summed E-state index contributed by atoms with van der Waals surface area (Å²) in [6.07, 6.45) is 2.03. The van der Waals surface area contributed by atoms with Crippen molar-refractivity contribution in [2.45, 2.75) is 23.8 Å². The van der Waals surface area contributed by atoms with Gasteiger partial charge in [-0.1, -0.05) is 30.3 Å². The van der Waals surface area contributed by atoms with E-state index in [0.29, 0.717) is 6.07 Å². The Morgan fingerprint density at radius 2 is 1.44 bits per heavy atom. The van der Waals surface area contributed by atoms with Crippen molar-refractivity contribution in [2.24, 2.45) is 0 Å². The van der Waals surface area contributed by atoms with Crippen molar-refractivity contribution in [1.29, 1.82) is 0 Å². The number of hydrogen-bond donors (Lipinski definition) is 0. The molecule has 172 valence electrons. The molecule has 2 aliphatic heterocycles. The van der Waals surface area contributed by atoms with Gasteiger partial charge in [0.1, 0.15) is 10.9 Å². The average molecular weight is 468 g/mol. The van der Waals surface area contributed by atoms with Crippen LogP contribution in [0.1, 0.15) is 24.4 Å². The number of nitrogens with zero attached hydrogens (tertiary/aromatic N) is 3. The maximum Gasteiger partial charge on any atom is 0.246 e. The smallest absolute Gasteiger partial charge is 0.246 e. The summed E-state index contributed by atoms with van der Waals surface area (Å²) in [4.78, 5) is 16.3. The Morgan fingerprint density at radius 3 is 2.06 bits per heavy atom. The van der Waals surface area contributed by atoms with Crippen LogP contribution >= 0.6 is 0 Å². The molecule has 2 heterocycles. The predicted octanol–water partition coefficient (Wildman–Crippen LogP) is 2.77. The Bertz CT molecular complexity index is 1080. The van der Waals surface area contributed by atoms with E-state index in [-0.39, 0.29) is 32.1 Å². The highest BCUT2D eigenvalue weighted by Gasteiger charge is 2.37. The van der Waals surface area contributed by atoms with Gasteiger partial charge >= 0.3 is 0 Å². The Morgan fingerprint density at radius 1 is 0.812 bits per heavy atom. The molecule has 2 aromatic carbocycles. The van der Waals surface area contributed by atoms with Crippen LogP contribution in [-0.2, 0) is 14.8 Å². The fourth-order valence-electron chi connectivity index (χ4n) is 4.31. The number of amides is 1. The largest absolute Gasteiger partial charge is 0.338 e. The molecule has 2 aliphatic rings. The first-order chi connectivity index (χ1) is 15.3. The van der Waals surface area contributed by atoms with E-state index in [1.165, 1.54) is 0 Å². The lowest BCUT2D eigenvalue weighted by Crippen LogP contribution is -2.53. The summed E-state index contributed by atoms with van der Waals surface area (Å²) in [7, 11) is -4.37. The fourth-order valence-corrected chi connectivity index (χ4v) is 5.79. The quantitative estimate of drug-likeness (QED) is 0.635. The van der Waals surface area contributed by atoms with Crippen LogP contribution < -0.4 is 0 Å². The Hall–Kier alpha value is -2.43. The second-order valence-electron chi connectivity index (χ2n) is 7.96. The van der Waals surface area contributed by atoms with Crippen LogP contribution in [0.5, 0.6) is 0 Å². The molecule has 0 saturated carbocycles. The van der Waals surface area contributed by atoms with Crippen LogP contribution in [0.15, 0.2) is 47.4 Å². The van der Waals surface area contributed by atoms with Crippen molar-refractivity contribution in [3.8, 4) is 0 Å². The van der Waals surface area contributed by atoms with E-state index in [2.05, 4.69) is 4.90 Å². The van der Waals surface area contributed by atoms with Crippen molar-refractivity contribution in [2.75, 3.05) is 39.3 Å². The van der Waals surface area contributed by atoms with Crippen LogP contribution in [0.3, 0.4) is 0 Å². The molecular weight excluding hydrogens is 443 g/mol. The van der Waals surface area contributed by atoms with Gasteiger partial charge in [0.05, 0.1) is 0 Å². The molecule has 0 aromatic heterocycles. The first-order valence-corrected chi connectivity index (χ1v) is 12.0. The molecule has 6 nitrogen and oxygen atoms in total. The third-order valence-electron chi connectivity index (χ3n) is 6.02. The molecule has 0 N–H and O–H groups in total. The Labute approximate surface area is 185 Å². The lowest BCUT2D eigenvalue weighted by atomic mass is 10.0. The number of piperazine rings is 1. The normalized spacial score (nSPS) is 19.3. The second kappa shape index (κ2) is 9.21. The van der Waals surface area contributed by atoms with E-state index >= 15 is 0 Å². The number of rotatable bonds is 5. The first kappa shape index (κ1) is 22.8. The van der Waals surface area contributed by atoms with Crippen molar-refractivity contribution in [1.82, 2.24) is 14.1 Å². The van der Waals surface area contributed by atoms with Crippen LogP contribution in [0.4, 0.5) is 13.2 Å². The molecule has 1 atom stereocenters. The minimum absolute atomic E-state index is 0.0615. The molecule has 1 amide bonds. The van der Waals surface area contributed by atoms with Crippen molar-refractivity contribution < 1.29 is 26.4 Å². The fraction of sp³-hybridized carbons (Fsp3) is 0.409. The molecule has 32 heavy (non-hydrogen) atoms. The second-order valence-corrected chi connectivity index (χ2v) is 9.87. The standard InChI is InChI=1S/C22H24F3N3O3S/c23-17-8-9-18(20(25)19(17)24)32(30,31)28-14-12-27(13-15-28)22(29)21(26-10-4-5-11-26)16-6-2-1-3-7-16/h1-3,6-9,21H,4-5,10-15H2. The van der Waals surface area contributed by atoms with E-state index in [4.69, 9.17) is 0 Å². The highest BCUT2D eigenvalue weighted by Crippen LogP contribution is 2.29.